The quantitative estimate of drug-likeness (QED) is 0.526. The third-order valence-corrected chi connectivity index (χ3v) is 3.33. The molecule has 2 rings (SSSR count). The van der Waals surface area contributed by atoms with Crippen molar-refractivity contribution in [2.45, 2.75) is 12.6 Å². The molecule has 0 aliphatic carbocycles. The number of halogens is 3. The van der Waals surface area contributed by atoms with E-state index < -0.39 is 23.0 Å². The van der Waals surface area contributed by atoms with Gasteiger partial charge in [-0.25, -0.2) is 4.79 Å². The van der Waals surface area contributed by atoms with E-state index in [0.29, 0.717) is 0 Å². The highest BCUT2D eigenvalue weighted by Crippen LogP contribution is 2.25. The minimum atomic E-state index is -5.08. The van der Waals surface area contributed by atoms with Gasteiger partial charge in [-0.3, -0.25) is 14.9 Å². The Kier molecular flexibility index (Phi) is 7.31. The van der Waals surface area contributed by atoms with Crippen LogP contribution in [-0.4, -0.2) is 59.4 Å². The minimum Gasteiger partial charge on any atom is -0.481 e. The number of piperazine rings is 1. The fraction of sp³-hybridized carbons (Fsp3) is 0.429. The second kappa shape index (κ2) is 8.99. The third-order valence-electron chi connectivity index (χ3n) is 3.33. The molecular weight excluding hydrogens is 363 g/mol. The van der Waals surface area contributed by atoms with Gasteiger partial charge in [0.25, 0.3) is 5.69 Å². The highest BCUT2D eigenvalue weighted by molar-refractivity contribution is 5.73. The van der Waals surface area contributed by atoms with Gasteiger partial charge in [0.05, 0.1) is 11.3 Å². The van der Waals surface area contributed by atoms with Crippen LogP contribution in [0.2, 0.25) is 0 Å². The molecule has 0 aromatic heterocycles. The van der Waals surface area contributed by atoms with Crippen molar-refractivity contribution >= 4 is 23.3 Å². The number of alkyl halides is 3. The molecule has 0 atom stereocenters. The number of hydrogen-bond acceptors (Lipinski definition) is 6. The number of rotatable bonds is 4. The van der Waals surface area contributed by atoms with Gasteiger partial charge in [-0.15, -0.1) is 0 Å². The Labute approximate surface area is 145 Å². The first kappa shape index (κ1) is 21.2. The summed E-state index contributed by atoms with van der Waals surface area (Å²) in [6.45, 7) is 3.32. The maximum atomic E-state index is 10.9. The standard InChI is InChI=1S/C12H15N3O4.C2HF3O2/c16-12(17)8-9-7-10(1-2-11(9)15(18)19)14-5-3-13-4-6-14;3-2(4,5)1(6)7/h1-2,7,13H,3-6,8H2,(H,16,17);(H,6,7). The van der Waals surface area contributed by atoms with Crippen LogP contribution in [0.4, 0.5) is 24.5 Å². The lowest BCUT2D eigenvalue weighted by Gasteiger charge is -2.29. The number of carboxylic acids is 2. The molecule has 0 spiro atoms. The molecule has 0 bridgehead atoms. The molecule has 12 heteroatoms. The average molecular weight is 379 g/mol. The Hall–Kier alpha value is -2.89. The Balaban J connectivity index is 0.000000412. The fourth-order valence-corrected chi connectivity index (χ4v) is 2.17. The molecule has 0 radical (unpaired) electrons. The van der Waals surface area contributed by atoms with Crippen molar-refractivity contribution in [3.8, 4) is 0 Å². The molecule has 1 fully saturated rings. The van der Waals surface area contributed by atoms with Crippen LogP contribution in [0.5, 0.6) is 0 Å². The van der Waals surface area contributed by atoms with Gasteiger partial charge in [0.1, 0.15) is 0 Å². The van der Waals surface area contributed by atoms with Gasteiger partial charge in [-0.05, 0) is 12.1 Å². The summed E-state index contributed by atoms with van der Waals surface area (Å²) in [6, 6.07) is 4.67. The number of nitrogens with zero attached hydrogens (tertiary/aromatic N) is 2. The predicted molar refractivity (Wildman–Crippen MR) is 83.2 cm³/mol. The first-order valence-corrected chi connectivity index (χ1v) is 7.27. The SMILES string of the molecule is O=C(O)C(F)(F)F.O=C(O)Cc1cc(N2CCNCC2)ccc1[N+](=O)[O-]. The molecule has 1 aliphatic heterocycles. The molecule has 1 saturated heterocycles. The molecule has 1 aliphatic rings. The van der Waals surface area contributed by atoms with Crippen LogP contribution >= 0.6 is 0 Å². The summed E-state index contributed by atoms with van der Waals surface area (Å²) in [6.07, 6.45) is -5.42. The van der Waals surface area contributed by atoms with Gasteiger partial charge in [0, 0.05) is 43.5 Å². The van der Waals surface area contributed by atoms with Crippen LogP contribution in [0, 0.1) is 10.1 Å². The highest BCUT2D eigenvalue weighted by Gasteiger charge is 2.38. The molecule has 144 valence electrons. The second-order valence-electron chi connectivity index (χ2n) is 5.18. The first-order chi connectivity index (χ1) is 12.0. The van der Waals surface area contributed by atoms with Gasteiger partial charge >= 0.3 is 18.1 Å². The number of carbonyl (C=O) groups is 2. The van der Waals surface area contributed by atoms with E-state index in [4.69, 9.17) is 15.0 Å². The summed E-state index contributed by atoms with van der Waals surface area (Å²) >= 11 is 0. The first-order valence-electron chi connectivity index (χ1n) is 7.27. The van der Waals surface area contributed by atoms with E-state index in [-0.39, 0.29) is 17.7 Å². The maximum Gasteiger partial charge on any atom is 0.490 e. The van der Waals surface area contributed by atoms with Crippen LogP contribution in [0.1, 0.15) is 5.56 Å². The molecule has 0 unspecified atom stereocenters. The molecule has 1 aromatic rings. The molecule has 1 heterocycles. The summed E-state index contributed by atoms with van der Waals surface area (Å²) < 4.78 is 31.7. The molecular formula is C14H16F3N3O6. The van der Waals surface area contributed by atoms with Crippen molar-refractivity contribution in [3.05, 3.63) is 33.9 Å². The van der Waals surface area contributed by atoms with Crippen molar-refractivity contribution in [1.82, 2.24) is 5.32 Å². The van der Waals surface area contributed by atoms with Gasteiger partial charge in [-0.1, -0.05) is 0 Å². The van der Waals surface area contributed by atoms with Crippen LogP contribution in [0.3, 0.4) is 0 Å². The van der Waals surface area contributed by atoms with Crippen molar-refractivity contribution in [1.29, 1.82) is 0 Å². The average Bonchev–Trinajstić information content (AvgIpc) is 2.54. The molecule has 0 saturated carbocycles. The maximum absolute atomic E-state index is 10.9. The molecule has 3 N–H and O–H groups in total. The van der Waals surface area contributed by atoms with Gasteiger partial charge in [0.2, 0.25) is 0 Å². The third kappa shape index (κ3) is 6.55. The summed E-state index contributed by atoms with van der Waals surface area (Å²) in [7, 11) is 0. The Bertz CT molecular complexity index is 674. The zero-order valence-electron chi connectivity index (χ0n) is 13.3. The van der Waals surface area contributed by atoms with Crippen LogP contribution < -0.4 is 10.2 Å². The van der Waals surface area contributed by atoms with Crippen LogP contribution in [0.25, 0.3) is 0 Å². The number of nitro groups is 1. The highest BCUT2D eigenvalue weighted by atomic mass is 19.4. The van der Waals surface area contributed by atoms with Gasteiger partial charge in [-0.2, -0.15) is 13.2 Å². The number of aliphatic carboxylic acids is 2. The number of anilines is 1. The summed E-state index contributed by atoms with van der Waals surface area (Å²) in [5.41, 5.74) is 0.943. The number of carboxylic acid groups (broad SMARTS) is 2. The number of benzene rings is 1. The molecule has 9 nitrogen and oxygen atoms in total. The van der Waals surface area contributed by atoms with Gasteiger partial charge < -0.3 is 20.4 Å². The summed E-state index contributed by atoms with van der Waals surface area (Å²) in [4.78, 5) is 32.1. The summed E-state index contributed by atoms with van der Waals surface area (Å²) in [5.74, 6) is -3.83. The zero-order valence-corrected chi connectivity index (χ0v) is 13.3. The Morgan fingerprint density at radius 2 is 1.77 bits per heavy atom. The molecule has 1 aromatic carbocycles. The Morgan fingerprint density at radius 1 is 1.23 bits per heavy atom. The normalized spacial score (nSPS) is 14.2. The second-order valence-corrected chi connectivity index (χ2v) is 5.18. The lowest BCUT2D eigenvalue weighted by molar-refractivity contribution is -0.385. The van der Waals surface area contributed by atoms with Gasteiger partial charge in [0.15, 0.2) is 0 Å². The number of nitro benzene ring substituents is 1. The predicted octanol–water partition coefficient (Wildman–Crippen LogP) is 1.26. The number of nitrogens with one attached hydrogen (secondary N) is 1. The van der Waals surface area contributed by atoms with E-state index in [2.05, 4.69) is 10.2 Å². The smallest absolute Gasteiger partial charge is 0.481 e. The van der Waals surface area contributed by atoms with Crippen molar-refractivity contribution < 1.29 is 37.9 Å². The minimum absolute atomic E-state index is 0.138. The van der Waals surface area contributed by atoms with Crippen molar-refractivity contribution in [2.75, 3.05) is 31.1 Å². The molecule has 26 heavy (non-hydrogen) atoms. The van der Waals surface area contributed by atoms with E-state index >= 15 is 0 Å². The van der Waals surface area contributed by atoms with Crippen LogP contribution in [-0.2, 0) is 16.0 Å². The van der Waals surface area contributed by atoms with Crippen LogP contribution in [0.15, 0.2) is 18.2 Å². The summed E-state index contributed by atoms with van der Waals surface area (Å²) in [5, 5.41) is 30.0. The van der Waals surface area contributed by atoms with E-state index in [1.807, 2.05) is 0 Å². The van der Waals surface area contributed by atoms with Crippen molar-refractivity contribution in [3.63, 3.8) is 0 Å². The monoisotopic (exact) mass is 379 g/mol. The topological polar surface area (TPSA) is 133 Å². The van der Waals surface area contributed by atoms with Crippen molar-refractivity contribution in [2.24, 2.45) is 0 Å². The van der Waals surface area contributed by atoms with E-state index in [1.165, 1.54) is 6.07 Å². The largest absolute Gasteiger partial charge is 0.490 e. The molecule has 0 amide bonds. The fourth-order valence-electron chi connectivity index (χ4n) is 2.17. The lowest BCUT2D eigenvalue weighted by Crippen LogP contribution is -2.43. The number of hydrogen-bond donors (Lipinski definition) is 3. The zero-order chi connectivity index (χ0) is 19.9. The lowest BCUT2D eigenvalue weighted by atomic mass is 10.1. The van der Waals surface area contributed by atoms with E-state index in [9.17, 15) is 28.1 Å². The van der Waals surface area contributed by atoms with E-state index in [0.717, 1.165) is 31.9 Å². The van der Waals surface area contributed by atoms with E-state index in [1.54, 1.807) is 12.1 Å². The Morgan fingerprint density at radius 3 is 2.19 bits per heavy atom.